The van der Waals surface area contributed by atoms with Gasteiger partial charge in [0.25, 0.3) is 17.4 Å². The number of rotatable bonds is 9. The number of carbonyl (C=O) groups excluding carboxylic acids is 5. The predicted molar refractivity (Wildman–Crippen MR) is 208 cm³/mol. The van der Waals surface area contributed by atoms with E-state index in [-0.39, 0.29) is 36.6 Å². The average molecular weight is 760 g/mol. The van der Waals surface area contributed by atoms with Gasteiger partial charge < -0.3 is 20.1 Å². The van der Waals surface area contributed by atoms with E-state index < -0.39 is 29.7 Å². The van der Waals surface area contributed by atoms with E-state index >= 15 is 0 Å². The first kappa shape index (κ1) is 37.0. The minimum Gasteiger partial charge on any atom is -0.371 e. The van der Waals surface area contributed by atoms with Crippen molar-refractivity contribution < 1.29 is 24.0 Å². The Kier molecular flexibility index (Phi) is 10.3. The number of imide groups is 2. The van der Waals surface area contributed by atoms with Gasteiger partial charge >= 0.3 is 0 Å². The van der Waals surface area contributed by atoms with Crippen molar-refractivity contribution in [3.63, 3.8) is 0 Å². The molecule has 0 bridgehead atoms. The lowest BCUT2D eigenvalue weighted by molar-refractivity contribution is -0.143. The van der Waals surface area contributed by atoms with Crippen molar-refractivity contribution in [2.24, 2.45) is 5.92 Å². The highest BCUT2D eigenvalue weighted by Gasteiger charge is 2.42. The van der Waals surface area contributed by atoms with Crippen molar-refractivity contribution in [1.82, 2.24) is 35.4 Å². The lowest BCUT2D eigenvalue weighted by atomic mass is 9.91. The van der Waals surface area contributed by atoms with Gasteiger partial charge in [-0.05, 0) is 79.1 Å². The van der Waals surface area contributed by atoms with Crippen LogP contribution in [-0.2, 0) is 33.8 Å². The van der Waals surface area contributed by atoms with Crippen molar-refractivity contribution >= 4 is 51.9 Å². The lowest BCUT2D eigenvalue weighted by Crippen LogP contribution is -2.58. The van der Waals surface area contributed by atoms with Crippen LogP contribution < -0.4 is 26.0 Å². The fourth-order valence-electron chi connectivity index (χ4n) is 8.33. The van der Waals surface area contributed by atoms with Crippen molar-refractivity contribution in [1.29, 1.82) is 0 Å². The quantitative estimate of drug-likeness (QED) is 0.213. The minimum absolute atomic E-state index is 0.00154. The monoisotopic (exact) mass is 759 g/mol. The van der Waals surface area contributed by atoms with Crippen LogP contribution in [-0.4, -0.2) is 106 Å². The number of aromatic amines is 1. The van der Waals surface area contributed by atoms with Crippen LogP contribution in [0.3, 0.4) is 0 Å². The third-order valence-electron chi connectivity index (χ3n) is 11.6. The van der Waals surface area contributed by atoms with Crippen LogP contribution >= 0.6 is 0 Å². The molecule has 0 saturated carbocycles. The number of anilines is 2. The van der Waals surface area contributed by atoms with Crippen molar-refractivity contribution in [2.75, 3.05) is 55.6 Å². The van der Waals surface area contributed by atoms with E-state index in [0.29, 0.717) is 42.9 Å². The molecule has 0 aliphatic carbocycles. The molecule has 15 heteroatoms. The Morgan fingerprint density at radius 3 is 2.43 bits per heavy atom. The number of hydrogen-bond donors (Lipinski definition) is 3. The van der Waals surface area contributed by atoms with Crippen LogP contribution in [0.15, 0.2) is 59.7 Å². The fourth-order valence-corrected chi connectivity index (χ4v) is 8.33. The molecule has 8 rings (SSSR count). The van der Waals surface area contributed by atoms with Crippen molar-refractivity contribution in [3.8, 4) is 0 Å². The number of fused-ring (bicyclic) bond motifs is 2. The highest BCUT2D eigenvalue weighted by atomic mass is 16.2. The number of nitrogens with one attached hydrogen (secondary N) is 3. The second-order valence-electron chi connectivity index (χ2n) is 15.1. The van der Waals surface area contributed by atoms with Gasteiger partial charge in [0.05, 0.1) is 29.3 Å². The number of hydrogen-bond acceptors (Lipinski definition) is 11. The van der Waals surface area contributed by atoms with Gasteiger partial charge in [-0.25, -0.2) is 4.98 Å². The first-order valence-electron chi connectivity index (χ1n) is 19.4. The molecule has 3 aromatic heterocycles. The van der Waals surface area contributed by atoms with Crippen molar-refractivity contribution in [2.45, 2.75) is 58.0 Å². The maximum absolute atomic E-state index is 13.5. The predicted octanol–water partition coefficient (Wildman–Crippen LogP) is 2.18. The topological polar surface area (TPSA) is 181 Å². The first-order valence-corrected chi connectivity index (χ1v) is 19.4. The number of piperazine rings is 1. The SMILES string of the molecule is CCc1cc2ncc(CN3CCN(c4ccc(C(=O)NCC5CCN(c6cccc7c6CC(=O)N(C6CCC(=O)NC6=O)C7=O)CC5)nc4)CC3)cc2[nH]c1=O. The van der Waals surface area contributed by atoms with Gasteiger partial charge in [-0.15, -0.1) is 0 Å². The number of nitrogens with zero attached hydrogens (tertiary/aromatic N) is 6. The van der Waals surface area contributed by atoms with Crippen LogP contribution in [0.25, 0.3) is 11.0 Å². The standard InChI is InChI=1S/C41H45N9O6/c1-2-27-19-32-33(45-38(27)53)18-26(22-42-32)24-47-14-16-48(17-15-47)28-6-7-31(43-23-28)39(54)44-21-25-10-12-49(13-11-25)34-5-3-4-29-30(34)20-37(52)50(41(29)56)35-8-9-36(51)46-40(35)55/h3-7,18-19,22-23,25,35H,2,8-17,20-21,24H2,1H3,(H,44,54)(H,45,53)(H,46,51,55). The third kappa shape index (κ3) is 7.50. The molecule has 3 fully saturated rings. The van der Waals surface area contributed by atoms with E-state index in [1.54, 1.807) is 24.4 Å². The van der Waals surface area contributed by atoms with Crippen molar-refractivity contribution in [3.05, 3.63) is 93.2 Å². The molecular weight excluding hydrogens is 715 g/mol. The molecule has 7 heterocycles. The molecule has 4 aliphatic rings. The summed E-state index contributed by atoms with van der Waals surface area (Å²) in [5.41, 5.74) is 6.54. The Hall–Kier alpha value is -5.96. The van der Waals surface area contributed by atoms with Gasteiger partial charge in [-0.2, -0.15) is 0 Å². The molecule has 15 nitrogen and oxygen atoms in total. The van der Waals surface area contributed by atoms with Gasteiger partial charge in [0.15, 0.2) is 0 Å². The average Bonchev–Trinajstić information content (AvgIpc) is 3.21. The van der Waals surface area contributed by atoms with E-state index in [1.165, 1.54) is 0 Å². The summed E-state index contributed by atoms with van der Waals surface area (Å²) in [6.07, 6.45) is 6.17. The van der Waals surface area contributed by atoms with E-state index in [9.17, 15) is 28.8 Å². The molecule has 3 N–H and O–H groups in total. The normalized spacial score (nSPS) is 19.7. The second-order valence-corrected chi connectivity index (χ2v) is 15.1. The summed E-state index contributed by atoms with van der Waals surface area (Å²) in [5.74, 6) is -1.92. The van der Waals surface area contributed by atoms with Crippen LogP contribution in [0.5, 0.6) is 0 Å². The fraction of sp³-hybridized carbons (Fsp3) is 0.415. The third-order valence-corrected chi connectivity index (χ3v) is 11.6. The maximum Gasteiger partial charge on any atom is 0.269 e. The van der Waals surface area contributed by atoms with E-state index in [1.807, 2.05) is 37.4 Å². The summed E-state index contributed by atoms with van der Waals surface area (Å²) in [5, 5.41) is 5.30. The van der Waals surface area contributed by atoms with E-state index in [4.69, 9.17) is 0 Å². The summed E-state index contributed by atoms with van der Waals surface area (Å²) >= 11 is 0. The Bertz CT molecular complexity index is 2260. The molecule has 290 valence electrons. The molecule has 1 unspecified atom stereocenters. The largest absolute Gasteiger partial charge is 0.371 e. The lowest BCUT2D eigenvalue weighted by Gasteiger charge is -2.38. The second kappa shape index (κ2) is 15.6. The molecule has 4 aromatic rings. The van der Waals surface area contributed by atoms with E-state index in [2.05, 4.69) is 40.3 Å². The smallest absolute Gasteiger partial charge is 0.269 e. The summed E-state index contributed by atoms with van der Waals surface area (Å²) < 4.78 is 0. The molecule has 1 atom stereocenters. The zero-order valence-corrected chi connectivity index (χ0v) is 31.4. The van der Waals surface area contributed by atoms with Crippen LogP contribution in [0.1, 0.15) is 70.1 Å². The molecule has 0 radical (unpaired) electrons. The summed E-state index contributed by atoms with van der Waals surface area (Å²) in [4.78, 5) is 96.1. The van der Waals surface area contributed by atoms with Crippen LogP contribution in [0, 0.1) is 5.92 Å². The molecule has 4 aliphatic heterocycles. The highest BCUT2D eigenvalue weighted by Crippen LogP contribution is 2.33. The Balaban J connectivity index is 0.798. The first-order chi connectivity index (χ1) is 27.1. The zero-order valence-electron chi connectivity index (χ0n) is 31.4. The van der Waals surface area contributed by atoms with Crippen LogP contribution in [0.2, 0.25) is 0 Å². The summed E-state index contributed by atoms with van der Waals surface area (Å²) in [6, 6.07) is 12.0. The van der Waals surface area contributed by atoms with Crippen LogP contribution in [0.4, 0.5) is 11.4 Å². The Morgan fingerprint density at radius 2 is 1.70 bits per heavy atom. The summed E-state index contributed by atoms with van der Waals surface area (Å²) in [7, 11) is 0. The Labute approximate surface area is 323 Å². The Morgan fingerprint density at radius 1 is 0.893 bits per heavy atom. The molecule has 0 spiro atoms. The van der Waals surface area contributed by atoms with Gasteiger partial charge in [0.2, 0.25) is 17.7 Å². The van der Waals surface area contributed by atoms with Gasteiger partial charge in [-0.3, -0.25) is 48.9 Å². The summed E-state index contributed by atoms with van der Waals surface area (Å²) in [6.45, 7) is 7.99. The number of aromatic nitrogens is 3. The zero-order chi connectivity index (χ0) is 38.9. The number of carbonyl (C=O) groups is 5. The minimum atomic E-state index is -0.984. The van der Waals surface area contributed by atoms with Gasteiger partial charge in [0.1, 0.15) is 11.7 Å². The number of benzene rings is 1. The number of piperidine rings is 2. The number of pyridine rings is 3. The number of aryl methyl sites for hydroxylation is 1. The maximum atomic E-state index is 13.5. The van der Waals surface area contributed by atoms with Gasteiger partial charge in [0, 0.05) is 81.8 Å². The highest BCUT2D eigenvalue weighted by molar-refractivity contribution is 6.14. The molecule has 56 heavy (non-hydrogen) atoms. The molecular formula is C41H45N9O6. The molecule has 1 aromatic carbocycles. The molecule has 5 amide bonds. The van der Waals surface area contributed by atoms with E-state index in [0.717, 1.165) is 84.0 Å². The number of amides is 5. The number of H-pyrrole nitrogens is 1. The molecule has 3 saturated heterocycles. The van der Waals surface area contributed by atoms with Gasteiger partial charge in [-0.1, -0.05) is 13.0 Å².